The van der Waals surface area contributed by atoms with Gasteiger partial charge in [0.25, 0.3) is 0 Å². The van der Waals surface area contributed by atoms with Crippen LogP contribution in [0, 0.1) is 0 Å². The summed E-state index contributed by atoms with van der Waals surface area (Å²) in [7, 11) is 0. The van der Waals surface area contributed by atoms with Crippen LogP contribution >= 0.6 is 0 Å². The van der Waals surface area contributed by atoms with E-state index in [1.807, 2.05) is 12.2 Å². The molecule has 1 saturated heterocycles. The fourth-order valence-corrected chi connectivity index (χ4v) is 9.79. The fourth-order valence-electron chi connectivity index (χ4n) is 9.79. The lowest BCUT2D eigenvalue weighted by atomic mass is 9.99. The first-order chi connectivity index (χ1) is 39.2. The highest BCUT2D eigenvalue weighted by molar-refractivity contribution is 5.80. The summed E-state index contributed by atoms with van der Waals surface area (Å²) in [5.74, 6) is -1.25. The second kappa shape index (κ2) is 56.3. The van der Waals surface area contributed by atoms with E-state index in [1.54, 1.807) is 6.08 Å². The van der Waals surface area contributed by atoms with E-state index in [1.165, 1.54) is 154 Å². The van der Waals surface area contributed by atoms with Crippen LogP contribution in [0.2, 0.25) is 0 Å². The Kier molecular flexibility index (Phi) is 52.7. The predicted octanol–water partition coefficient (Wildman–Crippen LogP) is 16.1. The van der Waals surface area contributed by atoms with E-state index in [4.69, 9.17) is 14.2 Å². The van der Waals surface area contributed by atoms with E-state index in [2.05, 4.69) is 92.9 Å². The number of nitrogens with one attached hydrogen (secondary N) is 1. The van der Waals surface area contributed by atoms with Gasteiger partial charge in [0.05, 0.1) is 25.4 Å². The molecule has 1 amide bonds. The highest BCUT2D eigenvalue weighted by Gasteiger charge is 2.47. The average molecular weight is 1120 g/mol. The molecular weight excluding hydrogens is 1000 g/mol. The number of aliphatic hydroxyl groups excluding tert-OH is 5. The maximum atomic E-state index is 13.5. The Balaban J connectivity index is 2.66. The number of ether oxygens (including phenoxy) is 3. The molecule has 1 aliphatic heterocycles. The first kappa shape index (κ1) is 74.9. The van der Waals surface area contributed by atoms with Crippen LogP contribution in [0.1, 0.15) is 278 Å². The van der Waals surface area contributed by atoms with Gasteiger partial charge in [-0.25, -0.2) is 0 Å². The monoisotopic (exact) mass is 1120 g/mol. The minimum Gasteiger partial charge on any atom is -0.454 e. The molecule has 0 aromatic carbocycles. The fraction of sp³-hybridized carbons (Fsp3) is 0.768. The van der Waals surface area contributed by atoms with Crippen molar-refractivity contribution in [1.82, 2.24) is 5.32 Å². The Morgan fingerprint density at radius 1 is 0.487 bits per heavy atom. The number of unbranched alkanes of at least 4 members (excludes halogenated alkanes) is 29. The highest BCUT2D eigenvalue weighted by Crippen LogP contribution is 2.26. The lowest BCUT2D eigenvalue weighted by Gasteiger charge is -2.41. The first-order valence-electron chi connectivity index (χ1n) is 32.9. The van der Waals surface area contributed by atoms with Gasteiger partial charge in [-0.3, -0.25) is 9.59 Å². The molecule has 6 N–H and O–H groups in total. The Morgan fingerprint density at radius 3 is 1.31 bits per heavy atom. The summed E-state index contributed by atoms with van der Waals surface area (Å²) in [6, 6.07) is -1.04. The molecule has 0 spiro atoms. The molecule has 8 atom stereocenters. The maximum absolute atomic E-state index is 13.5. The summed E-state index contributed by atoms with van der Waals surface area (Å²) < 4.78 is 17.6. The molecule has 462 valence electrons. The molecule has 0 radical (unpaired) electrons. The van der Waals surface area contributed by atoms with Crippen LogP contribution in [0.5, 0.6) is 0 Å². The van der Waals surface area contributed by atoms with E-state index in [9.17, 15) is 35.1 Å². The van der Waals surface area contributed by atoms with Crippen LogP contribution < -0.4 is 5.32 Å². The summed E-state index contributed by atoms with van der Waals surface area (Å²) in [6.45, 7) is 5.72. The van der Waals surface area contributed by atoms with Gasteiger partial charge >= 0.3 is 5.97 Å². The third-order valence-electron chi connectivity index (χ3n) is 15.0. The van der Waals surface area contributed by atoms with Crippen LogP contribution in [0.25, 0.3) is 0 Å². The van der Waals surface area contributed by atoms with Crippen LogP contribution in [0.3, 0.4) is 0 Å². The van der Waals surface area contributed by atoms with Gasteiger partial charge in [0.1, 0.15) is 24.4 Å². The number of aliphatic hydroxyl groups is 5. The second-order valence-corrected chi connectivity index (χ2v) is 22.5. The summed E-state index contributed by atoms with van der Waals surface area (Å²) >= 11 is 0. The molecule has 11 nitrogen and oxygen atoms in total. The zero-order valence-electron chi connectivity index (χ0n) is 51.2. The quantitative estimate of drug-likeness (QED) is 0.0195. The minimum atomic E-state index is -1.64. The van der Waals surface area contributed by atoms with Crippen molar-refractivity contribution in [3.8, 4) is 0 Å². The van der Waals surface area contributed by atoms with Gasteiger partial charge < -0.3 is 45.1 Å². The van der Waals surface area contributed by atoms with Crippen LogP contribution in [0.15, 0.2) is 85.1 Å². The smallest absolute Gasteiger partial charge is 0.306 e. The topological polar surface area (TPSA) is 175 Å². The molecule has 11 heteroatoms. The molecule has 8 unspecified atom stereocenters. The number of allylic oxidation sites excluding steroid dienone is 13. The van der Waals surface area contributed by atoms with E-state index < -0.39 is 67.4 Å². The number of hydrogen-bond donors (Lipinski definition) is 6. The summed E-state index contributed by atoms with van der Waals surface area (Å²) in [5, 5.41) is 57.0. The van der Waals surface area contributed by atoms with Gasteiger partial charge in [0, 0.05) is 6.42 Å². The van der Waals surface area contributed by atoms with Gasteiger partial charge in [-0.2, -0.15) is 0 Å². The Hall–Kier alpha value is -3.16. The molecule has 0 aromatic heterocycles. The number of amides is 1. The van der Waals surface area contributed by atoms with E-state index in [0.29, 0.717) is 19.3 Å². The first-order valence-corrected chi connectivity index (χ1v) is 32.9. The molecule has 1 rings (SSSR count). The van der Waals surface area contributed by atoms with Crippen molar-refractivity contribution in [3.63, 3.8) is 0 Å². The van der Waals surface area contributed by atoms with Gasteiger partial charge in [-0.1, -0.05) is 260 Å². The van der Waals surface area contributed by atoms with Crippen molar-refractivity contribution in [2.45, 2.75) is 327 Å². The molecule has 80 heavy (non-hydrogen) atoms. The SMILES string of the molecule is CCCCC/C=C\C/C=C\C/C=C\C/C=C\CCCC(=O)OC1C(OCC(NC(=O)C(O)CCCCCCCCCCCCCC/C=C\C/C=C\CCCCC)C(O)/C=C/CCCCCCCCCCCC)OC(CO)C(O)C1O. The maximum Gasteiger partial charge on any atom is 0.306 e. The molecule has 1 aliphatic rings. The summed E-state index contributed by atoms with van der Waals surface area (Å²) in [6.07, 6.45) is 63.4. The Labute approximate surface area is 489 Å². The van der Waals surface area contributed by atoms with E-state index in [0.717, 1.165) is 70.6 Å². The zero-order chi connectivity index (χ0) is 58.2. The summed E-state index contributed by atoms with van der Waals surface area (Å²) in [4.78, 5) is 26.6. The largest absolute Gasteiger partial charge is 0.454 e. The van der Waals surface area contributed by atoms with Gasteiger partial charge in [-0.05, 0) is 96.3 Å². The predicted molar refractivity (Wildman–Crippen MR) is 333 cm³/mol. The van der Waals surface area contributed by atoms with Crippen LogP contribution in [-0.4, -0.2) is 99.6 Å². The van der Waals surface area contributed by atoms with Crippen molar-refractivity contribution in [1.29, 1.82) is 0 Å². The Morgan fingerprint density at radius 2 is 0.863 bits per heavy atom. The molecule has 0 aromatic rings. The highest BCUT2D eigenvalue weighted by atomic mass is 16.7. The lowest BCUT2D eigenvalue weighted by molar-refractivity contribution is -0.305. The molecular formula is C69H121NO10. The van der Waals surface area contributed by atoms with Crippen molar-refractivity contribution in [2.24, 2.45) is 0 Å². The molecule has 0 aliphatic carbocycles. The van der Waals surface area contributed by atoms with E-state index in [-0.39, 0.29) is 19.4 Å². The van der Waals surface area contributed by atoms with E-state index >= 15 is 0 Å². The average Bonchev–Trinajstić information content (AvgIpc) is 3.45. The minimum absolute atomic E-state index is 0.0452. The number of carbonyl (C=O) groups excluding carboxylic acids is 2. The number of rotatable bonds is 55. The lowest BCUT2D eigenvalue weighted by Crippen LogP contribution is -2.61. The van der Waals surface area contributed by atoms with Gasteiger partial charge in [-0.15, -0.1) is 0 Å². The van der Waals surface area contributed by atoms with Crippen LogP contribution in [-0.2, 0) is 23.8 Å². The van der Waals surface area contributed by atoms with Crippen molar-refractivity contribution in [2.75, 3.05) is 13.2 Å². The molecule has 1 heterocycles. The summed E-state index contributed by atoms with van der Waals surface area (Å²) in [5.41, 5.74) is 0. The zero-order valence-corrected chi connectivity index (χ0v) is 51.2. The number of esters is 1. The van der Waals surface area contributed by atoms with Crippen molar-refractivity contribution < 1.29 is 49.3 Å². The van der Waals surface area contributed by atoms with Crippen molar-refractivity contribution >= 4 is 11.9 Å². The molecule has 0 bridgehead atoms. The molecule has 0 saturated carbocycles. The Bertz CT molecular complexity index is 1620. The second-order valence-electron chi connectivity index (χ2n) is 22.5. The number of hydrogen-bond acceptors (Lipinski definition) is 10. The standard InChI is InChI=1S/C69H121NO10/c1-4-7-10-13-16-19-22-25-27-29-30-31-32-33-35-36-38-41-44-47-50-53-56-62(73)68(77)70-60(61(72)55-52-49-46-43-40-24-21-18-15-12-9-6-3)59-78-69-67(66(76)65(75)63(58-71)79-69)80-64(74)57-54-51-48-45-42-39-37-34-28-26-23-20-17-14-11-8-5-2/h16-17,19-20,25-28,37,39,45,48,52,55,60-63,65-67,69,71-73,75-76H,4-15,18,21-24,29-36,38,40-44,46-47,49-51,53-54,56-59H2,1-3H3,(H,70,77)/b19-16-,20-17-,27-25-,28-26-,39-37-,48-45-,55-52+. The van der Waals surface area contributed by atoms with Gasteiger partial charge in [0.2, 0.25) is 5.91 Å². The third-order valence-corrected chi connectivity index (χ3v) is 15.0. The number of carbonyl (C=O) groups is 2. The third kappa shape index (κ3) is 43.5. The normalized spacial score (nSPS) is 19.3. The van der Waals surface area contributed by atoms with Crippen LogP contribution in [0.4, 0.5) is 0 Å². The molecule has 1 fully saturated rings. The van der Waals surface area contributed by atoms with Gasteiger partial charge in [0.15, 0.2) is 12.4 Å². The van der Waals surface area contributed by atoms with Crippen molar-refractivity contribution in [3.05, 3.63) is 85.1 Å².